The Balaban J connectivity index is 1.66. The van der Waals surface area contributed by atoms with Gasteiger partial charge in [-0.05, 0) is 55.0 Å². The van der Waals surface area contributed by atoms with Gasteiger partial charge in [0, 0.05) is 54.3 Å². The van der Waals surface area contributed by atoms with Crippen LogP contribution in [0.15, 0.2) is 42.5 Å². The summed E-state index contributed by atoms with van der Waals surface area (Å²) in [5.41, 5.74) is 2.75. The molecule has 0 spiro atoms. The van der Waals surface area contributed by atoms with Gasteiger partial charge in [-0.2, -0.15) is 0 Å². The summed E-state index contributed by atoms with van der Waals surface area (Å²) < 4.78 is 7.06. The molecule has 0 N–H and O–H groups in total. The van der Waals surface area contributed by atoms with E-state index in [0.717, 1.165) is 22.2 Å². The minimum atomic E-state index is -0.185. The van der Waals surface area contributed by atoms with E-state index in [1.807, 2.05) is 32.0 Å². The van der Waals surface area contributed by atoms with Crippen LogP contribution in [0.25, 0.3) is 10.9 Å². The number of halogens is 1. The summed E-state index contributed by atoms with van der Waals surface area (Å²) in [6, 6.07) is 12.3. The van der Waals surface area contributed by atoms with Crippen molar-refractivity contribution < 1.29 is 19.1 Å². The van der Waals surface area contributed by atoms with Crippen LogP contribution in [0.2, 0.25) is 5.02 Å². The Bertz CT molecular complexity index is 1240. The lowest BCUT2D eigenvalue weighted by Crippen LogP contribution is -2.50. The molecule has 1 aliphatic rings. The van der Waals surface area contributed by atoms with E-state index >= 15 is 0 Å². The molecule has 7 nitrogen and oxygen atoms in total. The molecule has 1 aromatic heterocycles. The van der Waals surface area contributed by atoms with Gasteiger partial charge < -0.3 is 14.5 Å². The second-order valence-corrected chi connectivity index (χ2v) is 8.82. The molecule has 1 aliphatic heterocycles. The van der Waals surface area contributed by atoms with Gasteiger partial charge in [0.05, 0.1) is 19.0 Å². The maximum absolute atomic E-state index is 13.4. The van der Waals surface area contributed by atoms with Gasteiger partial charge in [-0.25, -0.2) is 0 Å². The highest BCUT2D eigenvalue weighted by Crippen LogP contribution is 2.31. The number of hydrogen-bond donors (Lipinski definition) is 0. The van der Waals surface area contributed by atoms with Crippen molar-refractivity contribution in [3.8, 4) is 5.75 Å². The predicted octanol–water partition coefficient (Wildman–Crippen LogP) is 3.92. The topological polar surface area (TPSA) is 71.9 Å². The second-order valence-electron chi connectivity index (χ2n) is 8.39. The predicted molar refractivity (Wildman–Crippen MR) is 132 cm³/mol. The molecule has 0 aliphatic carbocycles. The molecule has 4 rings (SSSR count). The number of ether oxygens (including phenoxy) is 1. The minimum absolute atomic E-state index is 0.0208. The Labute approximate surface area is 203 Å². The van der Waals surface area contributed by atoms with Gasteiger partial charge in [-0.1, -0.05) is 18.5 Å². The number of rotatable bonds is 5. The summed E-state index contributed by atoms with van der Waals surface area (Å²) in [5, 5.41) is 1.37. The van der Waals surface area contributed by atoms with Gasteiger partial charge in [0.15, 0.2) is 0 Å². The van der Waals surface area contributed by atoms with Gasteiger partial charge in [-0.15, -0.1) is 0 Å². The van der Waals surface area contributed by atoms with Crippen molar-refractivity contribution in [2.75, 3.05) is 33.3 Å². The molecule has 8 heteroatoms. The van der Waals surface area contributed by atoms with Gasteiger partial charge in [0.25, 0.3) is 5.91 Å². The Hall–Kier alpha value is -3.32. The third kappa shape index (κ3) is 4.53. The Morgan fingerprint density at radius 2 is 1.56 bits per heavy atom. The maximum atomic E-state index is 13.4. The average Bonchev–Trinajstić information content (AvgIpc) is 3.13. The van der Waals surface area contributed by atoms with Gasteiger partial charge in [0.1, 0.15) is 5.75 Å². The summed E-state index contributed by atoms with van der Waals surface area (Å²) in [4.78, 5) is 42.2. The van der Waals surface area contributed by atoms with Crippen LogP contribution in [0.5, 0.6) is 5.75 Å². The molecular weight excluding hydrogens is 454 g/mol. The summed E-state index contributed by atoms with van der Waals surface area (Å²) >= 11 is 6.00. The first-order valence-corrected chi connectivity index (χ1v) is 11.8. The number of methoxy groups -OCH3 is 1. The molecule has 178 valence electrons. The van der Waals surface area contributed by atoms with Crippen molar-refractivity contribution in [1.29, 1.82) is 0 Å². The van der Waals surface area contributed by atoms with Crippen LogP contribution in [0.4, 0.5) is 0 Å². The van der Waals surface area contributed by atoms with Gasteiger partial charge in [-0.3, -0.25) is 19.0 Å². The third-order valence-corrected chi connectivity index (χ3v) is 6.70. The number of fused-ring (bicyclic) bond motifs is 1. The lowest BCUT2D eigenvalue weighted by molar-refractivity contribution is -0.139. The van der Waals surface area contributed by atoms with Crippen molar-refractivity contribution in [1.82, 2.24) is 14.4 Å². The Kier molecular flexibility index (Phi) is 6.93. The fourth-order valence-corrected chi connectivity index (χ4v) is 4.61. The molecule has 2 aromatic carbocycles. The van der Waals surface area contributed by atoms with E-state index in [1.54, 1.807) is 45.7 Å². The number of amides is 2. The van der Waals surface area contributed by atoms with E-state index in [2.05, 4.69) is 0 Å². The van der Waals surface area contributed by atoms with E-state index in [1.165, 1.54) is 0 Å². The first kappa shape index (κ1) is 23.8. The smallest absolute Gasteiger partial charge is 0.262 e. The molecule has 2 amide bonds. The quantitative estimate of drug-likeness (QED) is 0.553. The van der Waals surface area contributed by atoms with Crippen LogP contribution in [-0.4, -0.2) is 65.4 Å². The van der Waals surface area contributed by atoms with E-state index in [4.69, 9.17) is 16.3 Å². The number of carbonyl (C=O) groups is 3. The fourth-order valence-electron chi connectivity index (χ4n) is 4.49. The van der Waals surface area contributed by atoms with Crippen LogP contribution in [0.1, 0.15) is 35.0 Å². The summed E-state index contributed by atoms with van der Waals surface area (Å²) in [6.07, 6.45) is 0.633. The van der Waals surface area contributed by atoms with Crippen molar-refractivity contribution in [3.05, 3.63) is 64.3 Å². The van der Waals surface area contributed by atoms with E-state index in [-0.39, 0.29) is 24.1 Å². The number of carbonyl (C=O) groups excluding carboxylic acids is 3. The summed E-state index contributed by atoms with van der Waals surface area (Å²) in [7, 11) is 1.59. The summed E-state index contributed by atoms with van der Waals surface area (Å²) in [6.45, 7) is 5.81. The number of hydrogen-bond acceptors (Lipinski definition) is 4. The molecule has 0 saturated carbocycles. The standard InChI is InChI=1S/C26H28ClN3O4/c1-4-24(31)28-11-13-29(14-12-28)25(32)16-21-17(2)30(23-10-9-20(34-3)15-22(21)23)26(33)18-5-7-19(27)8-6-18/h5-10,15H,4,11-14,16H2,1-3H3. The van der Waals surface area contributed by atoms with Gasteiger partial charge >= 0.3 is 0 Å². The first-order chi connectivity index (χ1) is 16.3. The zero-order valence-corrected chi connectivity index (χ0v) is 20.4. The van der Waals surface area contributed by atoms with E-state index in [9.17, 15) is 14.4 Å². The SMILES string of the molecule is CCC(=O)N1CCN(C(=O)Cc2c(C)n(C(=O)c3ccc(Cl)cc3)c3ccc(OC)cc23)CC1. The molecule has 0 bridgehead atoms. The molecule has 1 fully saturated rings. The normalized spacial score (nSPS) is 13.9. The largest absolute Gasteiger partial charge is 0.497 e. The van der Waals surface area contributed by atoms with Crippen molar-refractivity contribution in [2.45, 2.75) is 26.7 Å². The number of piperazine rings is 1. The molecule has 0 radical (unpaired) electrons. The first-order valence-electron chi connectivity index (χ1n) is 11.4. The number of benzene rings is 2. The van der Waals surface area contributed by atoms with Crippen LogP contribution >= 0.6 is 11.6 Å². The monoisotopic (exact) mass is 481 g/mol. The number of nitrogens with zero attached hydrogens (tertiary/aromatic N) is 3. The minimum Gasteiger partial charge on any atom is -0.497 e. The third-order valence-electron chi connectivity index (χ3n) is 6.45. The zero-order chi connectivity index (χ0) is 24.4. The average molecular weight is 482 g/mol. The Morgan fingerprint density at radius 3 is 2.15 bits per heavy atom. The van der Waals surface area contributed by atoms with Crippen LogP contribution in [0.3, 0.4) is 0 Å². The number of aromatic nitrogens is 1. The molecule has 34 heavy (non-hydrogen) atoms. The highest BCUT2D eigenvalue weighted by atomic mass is 35.5. The second kappa shape index (κ2) is 9.89. The molecule has 0 unspecified atom stereocenters. The lowest BCUT2D eigenvalue weighted by atomic mass is 10.1. The molecule has 3 aromatic rings. The van der Waals surface area contributed by atoms with Crippen LogP contribution in [0, 0.1) is 6.92 Å². The van der Waals surface area contributed by atoms with Crippen molar-refractivity contribution >= 4 is 40.2 Å². The zero-order valence-electron chi connectivity index (χ0n) is 19.6. The van der Waals surface area contributed by atoms with E-state index in [0.29, 0.717) is 48.9 Å². The summed E-state index contributed by atoms with van der Waals surface area (Å²) in [5.74, 6) is 0.560. The molecule has 0 atom stereocenters. The highest BCUT2D eigenvalue weighted by molar-refractivity contribution is 6.30. The molecule has 2 heterocycles. The van der Waals surface area contributed by atoms with E-state index < -0.39 is 0 Å². The van der Waals surface area contributed by atoms with Crippen LogP contribution < -0.4 is 4.74 Å². The highest BCUT2D eigenvalue weighted by Gasteiger charge is 2.26. The van der Waals surface area contributed by atoms with Crippen LogP contribution in [-0.2, 0) is 16.0 Å². The van der Waals surface area contributed by atoms with Crippen molar-refractivity contribution in [3.63, 3.8) is 0 Å². The maximum Gasteiger partial charge on any atom is 0.262 e. The molecule has 1 saturated heterocycles. The Morgan fingerprint density at radius 1 is 0.941 bits per heavy atom. The fraction of sp³-hybridized carbons (Fsp3) is 0.346. The van der Waals surface area contributed by atoms with Gasteiger partial charge in [0.2, 0.25) is 11.8 Å². The molecular formula is C26H28ClN3O4. The van der Waals surface area contributed by atoms with Crippen molar-refractivity contribution in [2.24, 2.45) is 0 Å². The lowest BCUT2D eigenvalue weighted by Gasteiger charge is -2.34.